The van der Waals surface area contributed by atoms with Gasteiger partial charge in [0.05, 0.1) is 6.54 Å². The quantitative estimate of drug-likeness (QED) is 0.689. The van der Waals surface area contributed by atoms with Gasteiger partial charge >= 0.3 is 0 Å². The molecule has 128 valence electrons. The van der Waals surface area contributed by atoms with Crippen molar-refractivity contribution in [2.45, 2.75) is 12.5 Å². The number of hydrogen-bond acceptors (Lipinski definition) is 6. The normalized spacial score (nSPS) is 15.6. The van der Waals surface area contributed by atoms with Crippen LogP contribution in [0.2, 0.25) is 0 Å². The maximum Gasteiger partial charge on any atom is 0.260 e. The summed E-state index contributed by atoms with van der Waals surface area (Å²) in [6.45, 7) is 0.422. The predicted octanol–water partition coefficient (Wildman–Crippen LogP) is 0.965. The highest BCUT2D eigenvalue weighted by molar-refractivity contribution is 5.77. The minimum Gasteiger partial charge on any atom is -0.488 e. The Hall–Kier alpha value is -3.16. The van der Waals surface area contributed by atoms with Gasteiger partial charge in [0.1, 0.15) is 18.2 Å². The number of rotatable bonds is 5. The summed E-state index contributed by atoms with van der Waals surface area (Å²) in [5, 5.41) is 11.8. The van der Waals surface area contributed by atoms with Gasteiger partial charge in [-0.1, -0.05) is 18.2 Å². The molecule has 0 N–H and O–H groups in total. The first kappa shape index (κ1) is 15.4. The van der Waals surface area contributed by atoms with Crippen LogP contribution < -0.4 is 9.47 Å². The van der Waals surface area contributed by atoms with Gasteiger partial charge in [-0.3, -0.25) is 4.79 Å². The molecular formula is C17H17N5O3. The molecule has 8 nitrogen and oxygen atoms in total. The van der Waals surface area contributed by atoms with Crippen molar-refractivity contribution in [3.8, 4) is 11.6 Å². The largest absolute Gasteiger partial charge is 0.488 e. The van der Waals surface area contributed by atoms with Crippen molar-refractivity contribution in [3.05, 3.63) is 48.3 Å². The maximum absolute atomic E-state index is 12.3. The number of likely N-dealkylation sites (N-methyl/N-ethyl adjacent to an activating group) is 1. The lowest BCUT2D eigenvalue weighted by atomic mass is 10.1. The molecule has 0 fully saturated rings. The average Bonchev–Trinajstić information content (AvgIpc) is 3.24. The Morgan fingerprint density at radius 1 is 1.36 bits per heavy atom. The van der Waals surface area contributed by atoms with E-state index < -0.39 is 0 Å². The van der Waals surface area contributed by atoms with E-state index >= 15 is 0 Å². The van der Waals surface area contributed by atoms with Gasteiger partial charge in [0, 0.05) is 19.5 Å². The Bertz CT molecular complexity index is 885. The molecule has 1 atom stereocenters. The molecule has 4 rings (SSSR count). The summed E-state index contributed by atoms with van der Waals surface area (Å²) in [6, 6.07) is 11.3. The van der Waals surface area contributed by atoms with Crippen molar-refractivity contribution in [2.75, 3.05) is 20.2 Å². The fraction of sp³-hybridized carbons (Fsp3) is 0.294. The molecule has 3 aromatic rings. The number of carbonyl (C=O) groups is 1. The van der Waals surface area contributed by atoms with E-state index in [0.29, 0.717) is 18.1 Å². The first-order chi connectivity index (χ1) is 12.2. The van der Waals surface area contributed by atoms with Gasteiger partial charge in [-0.25, -0.2) is 0 Å². The number of hydrogen-bond donors (Lipinski definition) is 0. The van der Waals surface area contributed by atoms with Crippen LogP contribution in [0.5, 0.6) is 11.6 Å². The highest BCUT2D eigenvalue weighted by atomic mass is 16.5. The van der Waals surface area contributed by atoms with E-state index in [1.165, 1.54) is 16.4 Å². The van der Waals surface area contributed by atoms with E-state index in [-0.39, 0.29) is 18.6 Å². The zero-order chi connectivity index (χ0) is 17.2. The van der Waals surface area contributed by atoms with Gasteiger partial charge in [-0.2, -0.15) is 4.52 Å². The molecule has 1 amide bonds. The molecular weight excluding hydrogens is 322 g/mol. The molecule has 2 aromatic heterocycles. The highest BCUT2D eigenvalue weighted by Crippen LogP contribution is 2.28. The predicted molar refractivity (Wildman–Crippen MR) is 88.5 cm³/mol. The van der Waals surface area contributed by atoms with E-state index in [0.717, 1.165) is 12.2 Å². The number of nitrogens with zero attached hydrogens (tertiary/aromatic N) is 5. The van der Waals surface area contributed by atoms with E-state index in [9.17, 15) is 4.79 Å². The summed E-state index contributed by atoms with van der Waals surface area (Å²) in [7, 11) is 1.74. The summed E-state index contributed by atoms with van der Waals surface area (Å²) in [5.74, 6) is 1.11. The molecule has 0 aliphatic carbocycles. The third kappa shape index (κ3) is 3.23. The summed E-state index contributed by atoms with van der Waals surface area (Å²) in [4.78, 5) is 13.9. The summed E-state index contributed by atoms with van der Waals surface area (Å²) in [5.41, 5.74) is 1.80. The van der Waals surface area contributed by atoms with E-state index in [1.54, 1.807) is 24.1 Å². The summed E-state index contributed by atoms with van der Waals surface area (Å²) >= 11 is 0. The summed E-state index contributed by atoms with van der Waals surface area (Å²) in [6.07, 6.45) is 2.25. The first-order valence-electron chi connectivity index (χ1n) is 7.97. The van der Waals surface area contributed by atoms with Crippen molar-refractivity contribution in [1.82, 2.24) is 24.7 Å². The smallest absolute Gasteiger partial charge is 0.260 e. The molecule has 3 heterocycles. The van der Waals surface area contributed by atoms with Crippen LogP contribution in [0.4, 0.5) is 0 Å². The van der Waals surface area contributed by atoms with Crippen molar-refractivity contribution in [2.24, 2.45) is 0 Å². The molecule has 0 radical (unpaired) electrons. The minimum absolute atomic E-state index is 0.0298. The lowest BCUT2D eigenvalue weighted by Crippen LogP contribution is -2.38. The molecule has 0 bridgehead atoms. The van der Waals surface area contributed by atoms with Gasteiger partial charge in [-0.15, -0.1) is 15.3 Å². The Kier molecular flexibility index (Phi) is 3.93. The SMILES string of the molecule is CN(CC1Cc2ccccc2O1)C(=O)COc1ccc2nncn2n1. The number of aromatic nitrogens is 4. The van der Waals surface area contributed by atoms with Gasteiger partial charge in [0.15, 0.2) is 12.3 Å². The van der Waals surface area contributed by atoms with E-state index in [2.05, 4.69) is 15.3 Å². The Morgan fingerprint density at radius 2 is 2.24 bits per heavy atom. The van der Waals surface area contributed by atoms with Crippen LogP contribution in [0.25, 0.3) is 5.65 Å². The van der Waals surface area contributed by atoms with Crippen LogP contribution in [0.3, 0.4) is 0 Å². The molecule has 1 unspecified atom stereocenters. The van der Waals surface area contributed by atoms with Crippen molar-refractivity contribution < 1.29 is 14.3 Å². The fourth-order valence-electron chi connectivity index (χ4n) is 2.80. The molecule has 0 spiro atoms. The second-order valence-electron chi connectivity index (χ2n) is 5.92. The molecule has 1 aliphatic rings. The van der Waals surface area contributed by atoms with Gasteiger partial charge < -0.3 is 14.4 Å². The van der Waals surface area contributed by atoms with Crippen LogP contribution in [0.15, 0.2) is 42.7 Å². The zero-order valence-electron chi connectivity index (χ0n) is 13.7. The number of benzene rings is 1. The number of para-hydroxylation sites is 1. The van der Waals surface area contributed by atoms with Gasteiger partial charge in [-0.05, 0) is 17.7 Å². The third-order valence-electron chi connectivity index (χ3n) is 4.10. The van der Waals surface area contributed by atoms with Crippen LogP contribution in [-0.4, -0.2) is 56.9 Å². The Labute approximate surface area is 144 Å². The van der Waals surface area contributed by atoms with Gasteiger partial charge in [0.2, 0.25) is 5.88 Å². The highest BCUT2D eigenvalue weighted by Gasteiger charge is 2.25. The minimum atomic E-state index is -0.134. The topological polar surface area (TPSA) is 81.8 Å². The van der Waals surface area contributed by atoms with Crippen LogP contribution in [0.1, 0.15) is 5.56 Å². The fourth-order valence-corrected chi connectivity index (χ4v) is 2.80. The molecule has 0 saturated heterocycles. The van der Waals surface area contributed by atoms with Crippen LogP contribution >= 0.6 is 0 Å². The maximum atomic E-state index is 12.3. The standard InChI is InChI=1S/C17H17N5O3/c1-21(9-13-8-12-4-2-3-5-14(12)25-13)17(23)10-24-16-7-6-15-19-18-11-22(15)20-16/h2-7,11,13H,8-10H2,1H3. The third-order valence-corrected chi connectivity index (χ3v) is 4.10. The first-order valence-corrected chi connectivity index (χ1v) is 7.97. The second kappa shape index (κ2) is 6.39. The van der Waals surface area contributed by atoms with Crippen molar-refractivity contribution in [1.29, 1.82) is 0 Å². The number of fused-ring (bicyclic) bond motifs is 2. The monoisotopic (exact) mass is 339 g/mol. The molecule has 1 aliphatic heterocycles. The van der Waals surface area contributed by atoms with Crippen LogP contribution in [0, 0.1) is 0 Å². The Balaban J connectivity index is 1.30. The van der Waals surface area contributed by atoms with Crippen molar-refractivity contribution >= 4 is 11.6 Å². The molecule has 8 heteroatoms. The molecule has 25 heavy (non-hydrogen) atoms. The lowest BCUT2D eigenvalue weighted by molar-refractivity contribution is -0.133. The average molecular weight is 339 g/mol. The lowest BCUT2D eigenvalue weighted by Gasteiger charge is -2.21. The van der Waals surface area contributed by atoms with Crippen LogP contribution in [-0.2, 0) is 11.2 Å². The Morgan fingerprint density at radius 3 is 3.12 bits per heavy atom. The number of carbonyl (C=O) groups excluding carboxylic acids is 1. The number of ether oxygens (including phenoxy) is 2. The molecule has 1 aromatic carbocycles. The zero-order valence-corrected chi connectivity index (χ0v) is 13.7. The van der Waals surface area contributed by atoms with Crippen molar-refractivity contribution in [3.63, 3.8) is 0 Å². The summed E-state index contributed by atoms with van der Waals surface area (Å²) < 4.78 is 12.8. The van der Waals surface area contributed by atoms with Gasteiger partial charge in [0.25, 0.3) is 5.91 Å². The second-order valence-corrected chi connectivity index (χ2v) is 5.92. The van der Waals surface area contributed by atoms with E-state index in [4.69, 9.17) is 9.47 Å². The van der Waals surface area contributed by atoms with E-state index in [1.807, 2.05) is 24.3 Å². The molecule has 0 saturated carbocycles. The number of amides is 1.